The average Bonchev–Trinajstić information content (AvgIpc) is 2.46. The first-order valence-corrected chi connectivity index (χ1v) is 7.17. The number of rotatable bonds is 3. The zero-order valence-corrected chi connectivity index (χ0v) is 10.5. The van der Waals surface area contributed by atoms with Crippen molar-refractivity contribution in [2.24, 2.45) is 0 Å². The molecule has 0 N–H and O–H groups in total. The van der Waals surface area contributed by atoms with Crippen molar-refractivity contribution >= 4 is 6.71 Å². The van der Waals surface area contributed by atoms with Gasteiger partial charge in [0, 0.05) is 2.74 Å². The van der Waals surface area contributed by atoms with Crippen LogP contribution in [-0.4, -0.2) is 6.71 Å². The summed E-state index contributed by atoms with van der Waals surface area (Å²) < 4.78 is 17.1. The van der Waals surface area contributed by atoms with Crippen LogP contribution < -0.4 is 0 Å². The Kier molecular flexibility index (Phi) is 2.88. The number of hydrogen-bond acceptors (Lipinski definition) is 0. The summed E-state index contributed by atoms with van der Waals surface area (Å²) in [7, 11) is 0. The molecule has 0 spiro atoms. The van der Waals surface area contributed by atoms with Crippen LogP contribution in [0.4, 0.5) is 0 Å². The normalized spacial score (nSPS) is 33.5. The summed E-state index contributed by atoms with van der Waals surface area (Å²) in [5.74, 6) is 1.46. The van der Waals surface area contributed by atoms with Crippen LogP contribution in [0.15, 0.2) is 30.3 Å². The number of hydrogen-bond donors (Lipinski definition) is 0. The van der Waals surface area contributed by atoms with Gasteiger partial charge in [0.05, 0.1) is 0 Å². The van der Waals surface area contributed by atoms with Gasteiger partial charge in [-0.2, -0.15) is 0 Å². The van der Waals surface area contributed by atoms with E-state index in [1.807, 2.05) is 30.3 Å². The highest BCUT2D eigenvalue weighted by Crippen LogP contribution is 2.47. The first-order valence-electron chi connectivity index (χ1n) is 8.32. The fraction of sp³-hybridized carbons (Fsp3) is 0.625. The summed E-state index contributed by atoms with van der Waals surface area (Å²) in [6.45, 7) is 0.477. The summed E-state index contributed by atoms with van der Waals surface area (Å²) >= 11 is 0. The lowest BCUT2D eigenvalue weighted by atomic mass is 9.25. The molecular weight excluding hydrogens is 203 g/mol. The second-order valence-electron chi connectivity index (χ2n) is 5.73. The summed E-state index contributed by atoms with van der Waals surface area (Å²) in [5.41, 5.74) is 1.02. The number of fused-ring (bicyclic) bond motifs is 2. The molecule has 0 saturated carbocycles. The minimum Gasteiger partial charge on any atom is -0.0696 e. The highest BCUT2D eigenvalue weighted by atomic mass is 14.2. The third kappa shape index (κ3) is 2.59. The second kappa shape index (κ2) is 5.29. The molecule has 0 nitrogen and oxygen atoms in total. The summed E-state index contributed by atoms with van der Waals surface area (Å²) in [6.07, 6.45) is 7.32. The van der Waals surface area contributed by atoms with E-state index in [0.717, 1.165) is 17.2 Å². The van der Waals surface area contributed by atoms with Gasteiger partial charge < -0.3 is 0 Å². The van der Waals surface area contributed by atoms with Gasteiger partial charge in [0.15, 0.2) is 0 Å². The molecule has 2 saturated heterocycles. The summed E-state index contributed by atoms with van der Waals surface area (Å²) in [5, 5.41) is 0. The zero-order valence-electron chi connectivity index (χ0n) is 12.5. The van der Waals surface area contributed by atoms with Crippen molar-refractivity contribution in [2.75, 3.05) is 0 Å². The Morgan fingerprint density at radius 2 is 1.59 bits per heavy atom. The van der Waals surface area contributed by atoms with Gasteiger partial charge in [-0.05, 0) is 12.0 Å². The quantitative estimate of drug-likeness (QED) is 0.650. The molecule has 2 bridgehead atoms. The molecule has 0 unspecified atom stereocenters. The average molecular weight is 228 g/mol. The minimum atomic E-state index is -0.368. The molecule has 2 aliphatic heterocycles. The van der Waals surface area contributed by atoms with E-state index in [4.69, 9.17) is 2.74 Å². The maximum atomic E-state index is 8.62. The van der Waals surface area contributed by atoms with Crippen molar-refractivity contribution in [1.29, 1.82) is 0 Å². The van der Waals surface area contributed by atoms with Gasteiger partial charge in [0.2, 0.25) is 0 Å². The van der Waals surface area contributed by atoms with Crippen LogP contribution in [0, 0.1) is 0 Å². The van der Waals surface area contributed by atoms with Crippen LogP contribution >= 0.6 is 0 Å². The van der Waals surface area contributed by atoms with Crippen molar-refractivity contribution in [3.63, 3.8) is 0 Å². The van der Waals surface area contributed by atoms with Gasteiger partial charge in [-0.15, -0.1) is 0 Å². The van der Waals surface area contributed by atoms with Crippen LogP contribution in [0.3, 0.4) is 0 Å². The Morgan fingerprint density at radius 1 is 1.00 bits per heavy atom. The summed E-state index contributed by atoms with van der Waals surface area (Å²) in [4.78, 5) is 0. The number of aryl methyl sites for hydroxylation is 1. The van der Waals surface area contributed by atoms with Crippen LogP contribution in [-0.2, 0) is 6.40 Å². The van der Waals surface area contributed by atoms with Gasteiger partial charge in [-0.3, -0.25) is 0 Å². The van der Waals surface area contributed by atoms with Crippen LogP contribution in [0.2, 0.25) is 17.9 Å². The van der Waals surface area contributed by atoms with E-state index in [-0.39, 0.29) is 12.7 Å². The topological polar surface area (TPSA) is 0 Å². The first kappa shape index (κ1) is 9.25. The van der Waals surface area contributed by atoms with E-state index < -0.39 is 0 Å². The Labute approximate surface area is 109 Å². The van der Waals surface area contributed by atoms with Gasteiger partial charge in [-0.25, -0.2) is 0 Å². The van der Waals surface area contributed by atoms with Crippen LogP contribution in [0.25, 0.3) is 0 Å². The van der Waals surface area contributed by atoms with E-state index in [2.05, 4.69) is 0 Å². The minimum absolute atomic E-state index is 0.238. The van der Waals surface area contributed by atoms with Crippen LogP contribution in [0.5, 0.6) is 0 Å². The standard InChI is InChI=1S/C16H23B/c1-2-6-14(7-3-1)12-13-17-15-8-4-9-16(17)11-5-10-15/h1-3,6-7,15-16H,4-5,8-13H2/i12D,13D/t12-,13+,15?,16?/m0/s1. The molecule has 1 heteroatoms. The lowest BCUT2D eigenvalue weighted by molar-refractivity contribution is 0.441. The Hall–Kier alpha value is -0.715. The maximum Gasteiger partial charge on any atom is 0.146 e. The molecular formula is C16H23B. The third-order valence-corrected chi connectivity index (χ3v) is 4.70. The fourth-order valence-corrected chi connectivity index (χ4v) is 3.83. The zero-order chi connectivity index (χ0) is 13.2. The Morgan fingerprint density at radius 3 is 2.18 bits per heavy atom. The monoisotopic (exact) mass is 228 g/mol. The smallest absolute Gasteiger partial charge is 0.0696 e. The van der Waals surface area contributed by atoms with Crippen molar-refractivity contribution in [1.82, 2.24) is 0 Å². The molecule has 0 aromatic heterocycles. The molecule has 3 rings (SSSR count). The lowest BCUT2D eigenvalue weighted by Gasteiger charge is -2.40. The summed E-state index contributed by atoms with van der Waals surface area (Å²) in [6, 6.07) is 10.00. The molecule has 2 aliphatic rings. The molecule has 90 valence electrons. The highest BCUT2D eigenvalue weighted by Gasteiger charge is 2.38. The predicted octanol–water partition coefficient (Wildman–Crippen LogP) is 4.83. The lowest BCUT2D eigenvalue weighted by Crippen LogP contribution is -2.34. The molecule has 0 amide bonds. The SMILES string of the molecule is [2H][C@H](c1ccccc1)[C@@H]([2H])B1C2CCCC1CCC2. The van der Waals surface area contributed by atoms with Crippen molar-refractivity contribution in [2.45, 2.75) is 62.9 Å². The van der Waals surface area contributed by atoms with E-state index >= 15 is 0 Å². The predicted molar refractivity (Wildman–Crippen MR) is 75.9 cm³/mol. The van der Waals surface area contributed by atoms with E-state index in [0.29, 0.717) is 6.71 Å². The van der Waals surface area contributed by atoms with E-state index in [9.17, 15) is 0 Å². The van der Waals surface area contributed by atoms with E-state index in [1.165, 1.54) is 38.5 Å². The van der Waals surface area contributed by atoms with Gasteiger partial charge in [0.25, 0.3) is 0 Å². The largest absolute Gasteiger partial charge is 0.146 e. The highest BCUT2D eigenvalue weighted by molar-refractivity contribution is 6.62. The molecule has 1 aromatic rings. The number of benzene rings is 1. The molecule has 2 fully saturated rings. The van der Waals surface area contributed by atoms with Gasteiger partial charge >= 0.3 is 0 Å². The maximum absolute atomic E-state index is 8.62. The molecule has 1 aromatic carbocycles. The van der Waals surface area contributed by atoms with Crippen molar-refractivity contribution < 1.29 is 2.74 Å². The second-order valence-corrected chi connectivity index (χ2v) is 5.73. The van der Waals surface area contributed by atoms with Gasteiger partial charge in [-0.1, -0.05) is 86.8 Å². The molecule has 0 radical (unpaired) electrons. The van der Waals surface area contributed by atoms with Crippen molar-refractivity contribution in [3.05, 3.63) is 35.9 Å². The molecule has 17 heavy (non-hydrogen) atoms. The van der Waals surface area contributed by atoms with Crippen molar-refractivity contribution in [3.8, 4) is 0 Å². The van der Waals surface area contributed by atoms with E-state index in [1.54, 1.807) is 0 Å². The van der Waals surface area contributed by atoms with Crippen LogP contribution in [0.1, 0.15) is 46.8 Å². The Bertz CT molecular complexity index is 386. The van der Waals surface area contributed by atoms with Gasteiger partial charge in [0.1, 0.15) is 6.71 Å². The molecule has 2 heterocycles. The molecule has 0 aliphatic carbocycles. The fourth-order valence-electron chi connectivity index (χ4n) is 3.83. The molecule has 2 atom stereocenters. The Balaban J connectivity index is 1.77. The third-order valence-electron chi connectivity index (χ3n) is 4.70. The first-order chi connectivity index (χ1) is 9.27.